The number of thioether (sulfide) groups is 1. The molecule has 0 saturated carbocycles. The minimum atomic E-state index is -0.337. The molecule has 1 aromatic rings. The predicted molar refractivity (Wildman–Crippen MR) is 114 cm³/mol. The lowest BCUT2D eigenvalue weighted by Crippen LogP contribution is -3.15. The second kappa shape index (κ2) is 11.2. The molecule has 1 aliphatic rings. The van der Waals surface area contributed by atoms with Gasteiger partial charge >= 0.3 is 5.97 Å². The number of piperidine rings is 1. The summed E-state index contributed by atoms with van der Waals surface area (Å²) in [6, 6.07) is 7.32. The van der Waals surface area contributed by atoms with Crippen LogP contribution in [0, 0.1) is 5.92 Å². The third kappa shape index (κ3) is 6.47. The topological polar surface area (TPSA) is 80.2 Å². The van der Waals surface area contributed by atoms with Gasteiger partial charge in [0.15, 0.2) is 12.6 Å². The number of nitrogens with zero attached hydrogens (tertiary/aromatic N) is 1. The number of hydrogen-bond donors (Lipinski definition) is 2. The van der Waals surface area contributed by atoms with Crippen LogP contribution in [0.15, 0.2) is 29.2 Å². The molecule has 1 aromatic carbocycles. The van der Waals surface area contributed by atoms with Gasteiger partial charge in [-0.3, -0.25) is 14.4 Å². The lowest BCUT2D eigenvalue weighted by molar-refractivity contribution is -0.886. The van der Waals surface area contributed by atoms with E-state index in [0.717, 1.165) is 15.5 Å². The molecule has 8 heteroatoms. The molecule has 2 amide bonds. The molecule has 0 bridgehead atoms. The molecule has 0 radical (unpaired) electrons. The Morgan fingerprint density at radius 3 is 2.55 bits per heavy atom. The highest BCUT2D eigenvalue weighted by molar-refractivity contribution is 7.98. The molecule has 1 saturated heterocycles. The van der Waals surface area contributed by atoms with Crippen molar-refractivity contribution < 1.29 is 24.0 Å². The molecule has 0 aromatic heterocycles. The highest BCUT2D eigenvalue weighted by atomic mass is 32.2. The molecular formula is C21H32N3O4S+. The number of likely N-dealkylation sites (N-methyl/N-ethyl adjacent to an activating group) is 1. The van der Waals surface area contributed by atoms with Crippen molar-refractivity contribution in [2.75, 3.05) is 44.9 Å². The smallest absolute Gasteiger partial charge is 0.309 e. The molecule has 2 atom stereocenters. The Hall–Kier alpha value is -2.06. The Morgan fingerprint density at radius 1 is 1.28 bits per heavy atom. The van der Waals surface area contributed by atoms with Crippen LogP contribution >= 0.6 is 11.8 Å². The number of quaternary nitrogens is 1. The van der Waals surface area contributed by atoms with Gasteiger partial charge in [0.05, 0.1) is 25.3 Å². The van der Waals surface area contributed by atoms with Crippen LogP contribution in [0.5, 0.6) is 0 Å². The zero-order valence-electron chi connectivity index (χ0n) is 17.7. The molecule has 1 aliphatic heterocycles. The summed E-state index contributed by atoms with van der Waals surface area (Å²) in [5.41, 5.74) is 0.790. The Kier molecular flexibility index (Phi) is 8.98. The molecule has 7 nitrogen and oxygen atoms in total. The first kappa shape index (κ1) is 23.2. The minimum absolute atomic E-state index is 0.0159. The van der Waals surface area contributed by atoms with E-state index in [1.807, 2.05) is 44.5 Å². The van der Waals surface area contributed by atoms with Gasteiger partial charge < -0.3 is 19.9 Å². The van der Waals surface area contributed by atoms with E-state index in [4.69, 9.17) is 4.74 Å². The molecule has 2 N–H and O–H groups in total. The standard InChI is InChI=1S/C21H31N3O4S/c1-5-28-21(27)16-10-12-24(13-11-16)20(26)15(2)23(3)14-19(25)22-17-8-6-7-9-18(17)29-4/h6-9,15-16H,5,10-14H2,1-4H3,(H,22,25)/p+1/t15-/m1/s1. The van der Waals surface area contributed by atoms with E-state index in [0.29, 0.717) is 32.5 Å². The first-order valence-corrected chi connectivity index (χ1v) is 11.3. The zero-order valence-corrected chi connectivity index (χ0v) is 18.5. The number of likely N-dealkylation sites (tertiary alicyclic amines) is 1. The van der Waals surface area contributed by atoms with Crippen molar-refractivity contribution in [3.05, 3.63) is 24.3 Å². The summed E-state index contributed by atoms with van der Waals surface area (Å²) >= 11 is 1.58. The molecule has 0 aliphatic carbocycles. The van der Waals surface area contributed by atoms with Crippen LogP contribution in [0.25, 0.3) is 0 Å². The highest BCUT2D eigenvalue weighted by Gasteiger charge is 2.33. The number of carbonyl (C=O) groups is 3. The number of esters is 1. The van der Waals surface area contributed by atoms with Crippen LogP contribution in [0.1, 0.15) is 26.7 Å². The Morgan fingerprint density at radius 2 is 1.93 bits per heavy atom. The maximum atomic E-state index is 12.8. The molecule has 160 valence electrons. The maximum absolute atomic E-state index is 12.8. The maximum Gasteiger partial charge on any atom is 0.309 e. The lowest BCUT2D eigenvalue weighted by Gasteiger charge is -2.33. The van der Waals surface area contributed by atoms with Crippen molar-refractivity contribution in [3.8, 4) is 0 Å². The van der Waals surface area contributed by atoms with Gasteiger partial charge in [-0.1, -0.05) is 12.1 Å². The number of amides is 2. The number of anilines is 1. The average Bonchev–Trinajstić information content (AvgIpc) is 2.73. The summed E-state index contributed by atoms with van der Waals surface area (Å²) in [6.07, 6.45) is 3.22. The molecule has 1 fully saturated rings. The van der Waals surface area contributed by atoms with Crippen molar-refractivity contribution >= 4 is 35.2 Å². The van der Waals surface area contributed by atoms with Crippen molar-refractivity contribution in [2.24, 2.45) is 5.92 Å². The molecule has 1 unspecified atom stereocenters. The normalized spacial score (nSPS) is 16.8. The van der Waals surface area contributed by atoms with E-state index >= 15 is 0 Å². The van der Waals surface area contributed by atoms with Gasteiger partial charge in [0.1, 0.15) is 0 Å². The van der Waals surface area contributed by atoms with Gasteiger partial charge in [-0.15, -0.1) is 11.8 Å². The fourth-order valence-electron chi connectivity index (χ4n) is 3.43. The van der Waals surface area contributed by atoms with E-state index in [-0.39, 0.29) is 36.3 Å². The van der Waals surface area contributed by atoms with Crippen LogP contribution in [-0.2, 0) is 19.1 Å². The van der Waals surface area contributed by atoms with Crippen LogP contribution in [0.4, 0.5) is 5.69 Å². The number of carbonyl (C=O) groups excluding carboxylic acids is 3. The first-order valence-electron chi connectivity index (χ1n) is 10.1. The van der Waals surface area contributed by atoms with Crippen LogP contribution in [-0.4, -0.2) is 68.3 Å². The number of hydrogen-bond acceptors (Lipinski definition) is 5. The number of ether oxygens (including phenoxy) is 1. The van der Waals surface area contributed by atoms with Crippen molar-refractivity contribution in [2.45, 2.75) is 37.6 Å². The summed E-state index contributed by atoms with van der Waals surface area (Å²) in [6.45, 7) is 5.33. The third-order valence-electron chi connectivity index (χ3n) is 5.36. The summed E-state index contributed by atoms with van der Waals surface area (Å²) in [7, 11) is 1.86. The van der Waals surface area contributed by atoms with Crippen LogP contribution < -0.4 is 10.2 Å². The number of rotatable bonds is 8. The zero-order chi connectivity index (χ0) is 21.4. The summed E-state index contributed by atoms with van der Waals surface area (Å²) in [5, 5.41) is 2.94. The Bertz CT molecular complexity index is 720. The van der Waals surface area contributed by atoms with E-state index in [2.05, 4.69) is 5.32 Å². The van der Waals surface area contributed by atoms with Gasteiger partial charge in [-0.25, -0.2) is 0 Å². The molecule has 29 heavy (non-hydrogen) atoms. The van der Waals surface area contributed by atoms with Gasteiger partial charge in [-0.2, -0.15) is 0 Å². The van der Waals surface area contributed by atoms with E-state index in [9.17, 15) is 14.4 Å². The number of benzene rings is 1. The number of nitrogens with one attached hydrogen (secondary N) is 2. The third-order valence-corrected chi connectivity index (χ3v) is 6.15. The van der Waals surface area contributed by atoms with E-state index in [1.165, 1.54) is 0 Å². The number of para-hydroxylation sites is 1. The molecule has 1 heterocycles. The fourth-order valence-corrected chi connectivity index (χ4v) is 3.98. The van der Waals surface area contributed by atoms with E-state index in [1.54, 1.807) is 23.6 Å². The fraction of sp³-hybridized carbons (Fsp3) is 0.571. The Balaban J connectivity index is 1.84. The minimum Gasteiger partial charge on any atom is -0.466 e. The SMILES string of the molecule is CCOC(=O)C1CCN(C(=O)[C@@H](C)[NH+](C)CC(=O)Nc2ccccc2SC)CC1. The lowest BCUT2D eigenvalue weighted by atomic mass is 9.96. The van der Waals surface area contributed by atoms with Gasteiger partial charge in [-0.05, 0) is 45.1 Å². The van der Waals surface area contributed by atoms with E-state index < -0.39 is 0 Å². The summed E-state index contributed by atoms with van der Waals surface area (Å²) < 4.78 is 5.08. The largest absolute Gasteiger partial charge is 0.466 e. The molecule has 0 spiro atoms. The summed E-state index contributed by atoms with van der Waals surface area (Å²) in [4.78, 5) is 40.8. The first-order chi connectivity index (χ1) is 13.9. The van der Waals surface area contributed by atoms with Crippen molar-refractivity contribution in [3.63, 3.8) is 0 Å². The molecular weight excluding hydrogens is 390 g/mol. The van der Waals surface area contributed by atoms with Crippen LogP contribution in [0.3, 0.4) is 0 Å². The van der Waals surface area contributed by atoms with Gasteiger partial charge in [0.25, 0.3) is 11.8 Å². The average molecular weight is 423 g/mol. The predicted octanol–water partition coefficient (Wildman–Crippen LogP) is 1.05. The monoisotopic (exact) mass is 422 g/mol. The molecule has 2 rings (SSSR count). The highest BCUT2D eigenvalue weighted by Crippen LogP contribution is 2.24. The summed E-state index contributed by atoms with van der Waals surface area (Å²) in [5.74, 6) is -0.397. The van der Waals surface area contributed by atoms with Crippen LogP contribution in [0.2, 0.25) is 0 Å². The quantitative estimate of drug-likeness (QED) is 0.484. The van der Waals surface area contributed by atoms with Gasteiger partial charge in [0.2, 0.25) is 0 Å². The van der Waals surface area contributed by atoms with Crippen molar-refractivity contribution in [1.82, 2.24) is 4.90 Å². The van der Waals surface area contributed by atoms with Crippen molar-refractivity contribution in [1.29, 1.82) is 0 Å². The second-order valence-electron chi connectivity index (χ2n) is 7.34. The second-order valence-corrected chi connectivity index (χ2v) is 8.19. The Labute approximate surface area is 177 Å². The van der Waals surface area contributed by atoms with Gasteiger partial charge in [0, 0.05) is 18.0 Å².